The molecule has 0 unspecified atom stereocenters. The Hall–Kier alpha value is -0.780. The van der Waals surface area contributed by atoms with Gasteiger partial charge in [-0.2, -0.15) is 0 Å². The van der Waals surface area contributed by atoms with Gasteiger partial charge in [0.05, 0.1) is 13.2 Å². The van der Waals surface area contributed by atoms with Crippen molar-refractivity contribution < 1.29 is 19.1 Å². The minimum Gasteiger partial charge on any atom is -0.380 e. The number of hydrogen-bond donors (Lipinski definition) is 1. The summed E-state index contributed by atoms with van der Waals surface area (Å²) in [6, 6.07) is 0. The summed E-state index contributed by atoms with van der Waals surface area (Å²) in [5.74, 6) is 0. The molecule has 0 radical (unpaired) electrons. The number of unbranched alkanes of at least 4 members (excludes halogenated alkanes) is 6. The van der Waals surface area contributed by atoms with Gasteiger partial charge in [-0.05, 0) is 25.7 Å². The van der Waals surface area contributed by atoms with Crippen LogP contribution in [0.4, 0.5) is 0 Å². The van der Waals surface area contributed by atoms with Crippen LogP contribution in [-0.4, -0.2) is 52.1 Å². The van der Waals surface area contributed by atoms with Crippen LogP contribution in [0, 0.1) is 0 Å². The molecule has 0 aromatic heterocycles. The average molecular weight is 301 g/mol. The minimum atomic E-state index is 0.665. The minimum absolute atomic E-state index is 0.665. The van der Waals surface area contributed by atoms with Crippen molar-refractivity contribution in [2.45, 2.75) is 51.4 Å². The van der Waals surface area contributed by atoms with E-state index in [0.717, 1.165) is 90.6 Å². The van der Waals surface area contributed by atoms with E-state index in [1.165, 1.54) is 0 Å². The summed E-state index contributed by atoms with van der Waals surface area (Å²) in [7, 11) is 0. The van der Waals surface area contributed by atoms with E-state index >= 15 is 0 Å². The van der Waals surface area contributed by atoms with Crippen LogP contribution in [-0.2, 0) is 19.1 Å². The van der Waals surface area contributed by atoms with Gasteiger partial charge in [-0.15, -0.1) is 0 Å². The lowest BCUT2D eigenvalue weighted by atomic mass is 10.2. The van der Waals surface area contributed by atoms with Gasteiger partial charge >= 0.3 is 0 Å². The van der Waals surface area contributed by atoms with Gasteiger partial charge in [-0.25, -0.2) is 0 Å². The van der Waals surface area contributed by atoms with E-state index in [4.69, 9.17) is 9.47 Å². The number of rotatable bonds is 18. The Morgan fingerprint density at radius 3 is 1.52 bits per heavy atom. The number of ether oxygens (including phenoxy) is 2. The van der Waals surface area contributed by atoms with Crippen molar-refractivity contribution in [3.63, 3.8) is 0 Å². The molecule has 0 heterocycles. The summed E-state index contributed by atoms with van der Waals surface area (Å²) in [6.45, 7) is 4.68. The quantitative estimate of drug-likeness (QED) is 0.310. The predicted molar refractivity (Wildman–Crippen MR) is 83.6 cm³/mol. The lowest BCUT2D eigenvalue weighted by Crippen LogP contribution is -2.24. The second-order valence-corrected chi connectivity index (χ2v) is 5.01. The molecule has 0 aliphatic heterocycles. The molecule has 0 saturated heterocycles. The van der Waals surface area contributed by atoms with E-state index in [-0.39, 0.29) is 0 Å². The van der Waals surface area contributed by atoms with Crippen molar-refractivity contribution in [2.24, 2.45) is 0 Å². The molecule has 0 fully saturated rings. The van der Waals surface area contributed by atoms with Crippen molar-refractivity contribution in [1.82, 2.24) is 5.32 Å². The van der Waals surface area contributed by atoms with Crippen molar-refractivity contribution >= 4 is 12.6 Å². The molecule has 0 aromatic rings. The maximum atomic E-state index is 10.1. The third-order valence-electron chi connectivity index (χ3n) is 3.07. The van der Waals surface area contributed by atoms with Crippen LogP contribution in [0.1, 0.15) is 51.4 Å². The lowest BCUT2D eigenvalue weighted by Gasteiger charge is -2.07. The SMILES string of the molecule is O=CCCCCCOCCNCCOCCCCCC=O. The second-order valence-electron chi connectivity index (χ2n) is 5.01. The Labute approximate surface area is 128 Å². The predicted octanol–water partition coefficient (Wildman–Crippen LogP) is 2.13. The molecule has 0 atom stereocenters. The average Bonchev–Trinajstić information content (AvgIpc) is 2.50. The molecular weight excluding hydrogens is 270 g/mol. The number of aldehydes is 2. The first-order valence-corrected chi connectivity index (χ1v) is 8.15. The Bertz CT molecular complexity index is 202. The van der Waals surface area contributed by atoms with E-state index in [1.807, 2.05) is 0 Å². The zero-order valence-electron chi connectivity index (χ0n) is 13.2. The van der Waals surface area contributed by atoms with Crippen LogP contribution in [0.25, 0.3) is 0 Å². The van der Waals surface area contributed by atoms with Crippen molar-refractivity contribution in [1.29, 1.82) is 0 Å². The Balaban J connectivity index is 2.93. The molecule has 5 nitrogen and oxygen atoms in total. The number of carbonyl (C=O) groups is 2. The zero-order valence-corrected chi connectivity index (χ0v) is 13.2. The maximum Gasteiger partial charge on any atom is 0.119 e. The monoisotopic (exact) mass is 301 g/mol. The van der Waals surface area contributed by atoms with Gasteiger partial charge in [-0.3, -0.25) is 0 Å². The van der Waals surface area contributed by atoms with Crippen LogP contribution in [0.5, 0.6) is 0 Å². The maximum absolute atomic E-state index is 10.1. The van der Waals surface area contributed by atoms with Crippen molar-refractivity contribution in [3.05, 3.63) is 0 Å². The molecule has 0 aliphatic rings. The van der Waals surface area contributed by atoms with E-state index < -0.39 is 0 Å². The van der Waals surface area contributed by atoms with Crippen LogP contribution in [0.2, 0.25) is 0 Å². The van der Waals surface area contributed by atoms with Gasteiger partial charge in [0, 0.05) is 39.1 Å². The second kappa shape index (κ2) is 19.2. The van der Waals surface area contributed by atoms with Crippen molar-refractivity contribution in [3.8, 4) is 0 Å². The summed E-state index contributed by atoms with van der Waals surface area (Å²) in [4.78, 5) is 20.2. The van der Waals surface area contributed by atoms with Crippen LogP contribution < -0.4 is 5.32 Å². The highest BCUT2D eigenvalue weighted by atomic mass is 16.5. The van der Waals surface area contributed by atoms with Gasteiger partial charge in [0.15, 0.2) is 0 Å². The third-order valence-corrected chi connectivity index (χ3v) is 3.07. The summed E-state index contributed by atoms with van der Waals surface area (Å²) >= 11 is 0. The van der Waals surface area contributed by atoms with Gasteiger partial charge in [0.2, 0.25) is 0 Å². The van der Waals surface area contributed by atoms with E-state index in [2.05, 4.69) is 5.32 Å². The molecule has 1 N–H and O–H groups in total. The molecule has 21 heavy (non-hydrogen) atoms. The molecular formula is C16H31NO4. The summed E-state index contributed by atoms with van der Waals surface area (Å²) in [5.41, 5.74) is 0. The molecule has 0 saturated carbocycles. The summed E-state index contributed by atoms with van der Waals surface area (Å²) < 4.78 is 11.0. The fourth-order valence-electron chi connectivity index (χ4n) is 1.83. The topological polar surface area (TPSA) is 64.6 Å². The summed E-state index contributed by atoms with van der Waals surface area (Å²) in [6.07, 6.45) is 9.39. The Kier molecular flexibility index (Phi) is 18.5. The zero-order chi connectivity index (χ0) is 15.4. The Morgan fingerprint density at radius 1 is 0.619 bits per heavy atom. The first-order valence-electron chi connectivity index (χ1n) is 8.15. The normalized spacial score (nSPS) is 10.7. The first-order chi connectivity index (χ1) is 10.4. The number of carbonyl (C=O) groups excluding carboxylic acids is 2. The van der Waals surface area contributed by atoms with E-state index in [9.17, 15) is 9.59 Å². The van der Waals surface area contributed by atoms with Gasteiger partial charge in [0.25, 0.3) is 0 Å². The molecule has 0 aromatic carbocycles. The Morgan fingerprint density at radius 2 is 1.10 bits per heavy atom. The lowest BCUT2D eigenvalue weighted by molar-refractivity contribution is -0.108. The van der Waals surface area contributed by atoms with Gasteiger partial charge < -0.3 is 24.4 Å². The fraction of sp³-hybridized carbons (Fsp3) is 0.875. The standard InChI is InChI=1S/C16H31NO4/c18-11-5-1-3-7-13-20-15-9-17-10-16-21-14-8-4-2-6-12-19/h11-12,17H,1-10,13-16H2. The highest BCUT2D eigenvalue weighted by Crippen LogP contribution is 1.98. The highest BCUT2D eigenvalue weighted by molar-refractivity contribution is 5.49. The van der Waals surface area contributed by atoms with Crippen LogP contribution in [0.3, 0.4) is 0 Å². The van der Waals surface area contributed by atoms with E-state index in [1.54, 1.807) is 0 Å². The van der Waals surface area contributed by atoms with Crippen LogP contribution >= 0.6 is 0 Å². The van der Waals surface area contributed by atoms with Crippen molar-refractivity contribution in [2.75, 3.05) is 39.5 Å². The smallest absolute Gasteiger partial charge is 0.119 e. The van der Waals surface area contributed by atoms with Gasteiger partial charge in [-0.1, -0.05) is 12.8 Å². The first kappa shape index (κ1) is 20.2. The molecule has 0 bridgehead atoms. The number of nitrogens with one attached hydrogen (secondary N) is 1. The molecule has 0 aliphatic carbocycles. The molecule has 124 valence electrons. The fourth-order valence-corrected chi connectivity index (χ4v) is 1.83. The highest BCUT2D eigenvalue weighted by Gasteiger charge is 1.93. The van der Waals surface area contributed by atoms with E-state index in [0.29, 0.717) is 12.8 Å². The van der Waals surface area contributed by atoms with Gasteiger partial charge in [0.1, 0.15) is 12.6 Å². The third kappa shape index (κ3) is 19.2. The largest absolute Gasteiger partial charge is 0.380 e. The van der Waals surface area contributed by atoms with Crippen LogP contribution in [0.15, 0.2) is 0 Å². The summed E-state index contributed by atoms with van der Waals surface area (Å²) in [5, 5.41) is 3.27. The molecule has 0 spiro atoms. The number of hydrogen-bond acceptors (Lipinski definition) is 5. The molecule has 0 amide bonds. The molecule has 5 heteroatoms. The molecule has 0 rings (SSSR count).